The minimum absolute atomic E-state index is 0.0646. The molecule has 2 rings (SSSR count). The standard InChI is InChI=1S/C16H20FIN2O3/c1-16(2,3)23-15(22)19-11-6-7-20(9-11)14(21)12-8-10(18)4-5-13(12)17/h4-5,8,11H,6-7,9H2,1-3H3,(H,19,22)/t11-/m1/s1. The lowest BCUT2D eigenvalue weighted by atomic mass is 10.2. The smallest absolute Gasteiger partial charge is 0.407 e. The van der Waals surface area contributed by atoms with Crippen LogP contribution in [0, 0.1) is 9.39 Å². The minimum Gasteiger partial charge on any atom is -0.444 e. The Morgan fingerprint density at radius 2 is 2.09 bits per heavy atom. The molecule has 1 fully saturated rings. The third-order valence-corrected chi connectivity index (χ3v) is 4.03. The van der Waals surface area contributed by atoms with Gasteiger partial charge in [0.2, 0.25) is 0 Å². The number of hydrogen-bond donors (Lipinski definition) is 1. The average molecular weight is 434 g/mol. The van der Waals surface area contributed by atoms with E-state index < -0.39 is 17.5 Å². The number of ether oxygens (including phenoxy) is 1. The molecule has 1 N–H and O–H groups in total. The van der Waals surface area contributed by atoms with Crippen LogP contribution in [-0.2, 0) is 4.74 Å². The molecule has 1 heterocycles. The van der Waals surface area contributed by atoms with E-state index >= 15 is 0 Å². The molecule has 1 aliphatic heterocycles. The predicted octanol–water partition coefficient (Wildman–Crippen LogP) is 3.17. The van der Waals surface area contributed by atoms with Gasteiger partial charge in [0.15, 0.2) is 0 Å². The van der Waals surface area contributed by atoms with Gasteiger partial charge in [0.25, 0.3) is 5.91 Å². The molecular weight excluding hydrogens is 414 g/mol. The van der Waals surface area contributed by atoms with Gasteiger partial charge in [-0.3, -0.25) is 4.79 Å². The zero-order chi connectivity index (χ0) is 17.2. The Kier molecular flexibility index (Phi) is 5.49. The Morgan fingerprint density at radius 1 is 1.39 bits per heavy atom. The molecule has 0 unspecified atom stereocenters. The van der Waals surface area contributed by atoms with Gasteiger partial charge in [0.1, 0.15) is 11.4 Å². The SMILES string of the molecule is CC(C)(C)OC(=O)N[C@@H]1CCN(C(=O)c2cc(I)ccc2F)C1. The summed E-state index contributed by atoms with van der Waals surface area (Å²) in [5, 5.41) is 2.75. The van der Waals surface area contributed by atoms with Crippen LogP contribution in [-0.4, -0.2) is 41.6 Å². The molecule has 1 aromatic rings. The summed E-state index contributed by atoms with van der Waals surface area (Å²) < 4.78 is 19.8. The van der Waals surface area contributed by atoms with Crippen molar-refractivity contribution in [3.05, 3.63) is 33.1 Å². The van der Waals surface area contributed by atoms with Crippen LogP contribution in [0.4, 0.5) is 9.18 Å². The number of likely N-dealkylation sites (tertiary alicyclic amines) is 1. The van der Waals surface area contributed by atoms with Crippen LogP contribution in [0.2, 0.25) is 0 Å². The summed E-state index contributed by atoms with van der Waals surface area (Å²) in [6.45, 7) is 6.19. The number of alkyl carbamates (subject to hydrolysis) is 1. The largest absolute Gasteiger partial charge is 0.444 e. The number of carbonyl (C=O) groups excluding carboxylic acids is 2. The van der Waals surface area contributed by atoms with Gasteiger partial charge in [-0.1, -0.05) is 0 Å². The molecule has 0 bridgehead atoms. The number of carbonyl (C=O) groups is 2. The van der Waals surface area contributed by atoms with Gasteiger partial charge in [-0.25, -0.2) is 9.18 Å². The third-order valence-electron chi connectivity index (χ3n) is 3.36. The molecule has 7 heteroatoms. The van der Waals surface area contributed by atoms with Crippen LogP contribution in [0.3, 0.4) is 0 Å². The maximum absolute atomic E-state index is 13.8. The first kappa shape index (κ1) is 18.0. The van der Waals surface area contributed by atoms with E-state index in [1.165, 1.54) is 12.1 Å². The molecule has 23 heavy (non-hydrogen) atoms. The fourth-order valence-electron chi connectivity index (χ4n) is 2.37. The van der Waals surface area contributed by atoms with Gasteiger partial charge in [0, 0.05) is 16.7 Å². The van der Waals surface area contributed by atoms with E-state index in [9.17, 15) is 14.0 Å². The van der Waals surface area contributed by atoms with E-state index in [1.807, 2.05) is 22.6 Å². The molecule has 0 saturated carbocycles. The van der Waals surface area contributed by atoms with E-state index in [2.05, 4.69) is 5.32 Å². The number of amides is 2. The maximum Gasteiger partial charge on any atom is 0.407 e. The monoisotopic (exact) mass is 434 g/mol. The Balaban J connectivity index is 1.96. The van der Waals surface area contributed by atoms with Crippen LogP contribution in [0.15, 0.2) is 18.2 Å². The van der Waals surface area contributed by atoms with Crippen molar-refractivity contribution in [3.8, 4) is 0 Å². The molecule has 1 atom stereocenters. The van der Waals surface area contributed by atoms with Crippen molar-refractivity contribution in [2.45, 2.75) is 38.8 Å². The topological polar surface area (TPSA) is 58.6 Å². The zero-order valence-electron chi connectivity index (χ0n) is 13.4. The minimum atomic E-state index is -0.567. The van der Waals surface area contributed by atoms with E-state index in [0.29, 0.717) is 19.5 Å². The highest BCUT2D eigenvalue weighted by atomic mass is 127. The second-order valence-corrected chi connectivity index (χ2v) is 7.75. The van der Waals surface area contributed by atoms with Crippen molar-refractivity contribution >= 4 is 34.6 Å². The van der Waals surface area contributed by atoms with Crippen molar-refractivity contribution in [1.29, 1.82) is 0 Å². The number of benzene rings is 1. The highest BCUT2D eigenvalue weighted by molar-refractivity contribution is 14.1. The number of rotatable bonds is 2. The molecule has 0 radical (unpaired) electrons. The van der Waals surface area contributed by atoms with Crippen molar-refractivity contribution in [2.24, 2.45) is 0 Å². The Labute approximate surface area is 148 Å². The first-order chi connectivity index (χ1) is 10.7. The highest BCUT2D eigenvalue weighted by Crippen LogP contribution is 2.18. The number of halogens is 2. The molecule has 126 valence electrons. The van der Waals surface area contributed by atoms with E-state index in [0.717, 1.165) is 3.57 Å². The fourth-order valence-corrected chi connectivity index (χ4v) is 2.86. The number of nitrogens with zero attached hydrogens (tertiary/aromatic N) is 1. The molecule has 0 spiro atoms. The highest BCUT2D eigenvalue weighted by Gasteiger charge is 2.30. The van der Waals surface area contributed by atoms with Crippen molar-refractivity contribution < 1.29 is 18.7 Å². The van der Waals surface area contributed by atoms with E-state index in [4.69, 9.17) is 4.74 Å². The summed E-state index contributed by atoms with van der Waals surface area (Å²) >= 11 is 2.04. The first-order valence-corrected chi connectivity index (χ1v) is 8.47. The lowest BCUT2D eigenvalue weighted by Crippen LogP contribution is -2.41. The summed E-state index contributed by atoms with van der Waals surface area (Å²) in [5.74, 6) is -0.881. The second kappa shape index (κ2) is 7.02. The van der Waals surface area contributed by atoms with Gasteiger partial charge in [0.05, 0.1) is 11.6 Å². The van der Waals surface area contributed by atoms with E-state index in [1.54, 1.807) is 31.7 Å². The van der Waals surface area contributed by atoms with Crippen molar-refractivity contribution in [2.75, 3.05) is 13.1 Å². The van der Waals surface area contributed by atoms with Gasteiger partial charge >= 0.3 is 6.09 Å². The summed E-state index contributed by atoms with van der Waals surface area (Å²) in [6, 6.07) is 4.26. The van der Waals surface area contributed by atoms with Crippen LogP contribution in [0.25, 0.3) is 0 Å². The third kappa shape index (κ3) is 5.05. The Morgan fingerprint density at radius 3 is 2.74 bits per heavy atom. The van der Waals surface area contributed by atoms with Crippen molar-refractivity contribution in [1.82, 2.24) is 10.2 Å². The Bertz CT molecular complexity index is 616. The molecule has 0 aliphatic carbocycles. The second-order valence-electron chi connectivity index (χ2n) is 6.51. The summed E-state index contributed by atoms with van der Waals surface area (Å²) in [5.41, 5.74) is -0.503. The van der Waals surface area contributed by atoms with Gasteiger partial charge in [-0.05, 0) is 68.0 Å². The van der Waals surface area contributed by atoms with Crippen LogP contribution in [0.5, 0.6) is 0 Å². The fraction of sp³-hybridized carbons (Fsp3) is 0.500. The average Bonchev–Trinajstić information content (AvgIpc) is 2.87. The lowest BCUT2D eigenvalue weighted by molar-refractivity contribution is 0.0502. The number of nitrogens with one attached hydrogen (secondary N) is 1. The summed E-state index contributed by atoms with van der Waals surface area (Å²) in [7, 11) is 0. The normalized spacial score (nSPS) is 18.0. The van der Waals surface area contributed by atoms with Crippen LogP contribution in [0.1, 0.15) is 37.6 Å². The maximum atomic E-state index is 13.8. The zero-order valence-corrected chi connectivity index (χ0v) is 15.5. The first-order valence-electron chi connectivity index (χ1n) is 7.39. The molecule has 1 saturated heterocycles. The number of hydrogen-bond acceptors (Lipinski definition) is 3. The molecular formula is C16H20FIN2O3. The van der Waals surface area contributed by atoms with Crippen molar-refractivity contribution in [3.63, 3.8) is 0 Å². The summed E-state index contributed by atoms with van der Waals surface area (Å²) in [4.78, 5) is 25.7. The van der Waals surface area contributed by atoms with E-state index in [-0.39, 0.29) is 17.5 Å². The molecule has 1 aliphatic rings. The van der Waals surface area contributed by atoms with Gasteiger partial charge in [-0.2, -0.15) is 0 Å². The quantitative estimate of drug-likeness (QED) is 0.728. The Hall–Kier alpha value is -1.38. The predicted molar refractivity (Wildman–Crippen MR) is 92.8 cm³/mol. The lowest BCUT2D eigenvalue weighted by Gasteiger charge is -2.22. The van der Waals surface area contributed by atoms with Crippen LogP contribution < -0.4 is 5.32 Å². The molecule has 5 nitrogen and oxygen atoms in total. The van der Waals surface area contributed by atoms with Gasteiger partial charge in [-0.15, -0.1) is 0 Å². The molecule has 1 aromatic carbocycles. The summed E-state index contributed by atoms with van der Waals surface area (Å²) in [6.07, 6.45) is 0.119. The molecule has 0 aromatic heterocycles. The van der Waals surface area contributed by atoms with Gasteiger partial charge < -0.3 is 15.0 Å². The molecule has 2 amide bonds. The van der Waals surface area contributed by atoms with Crippen LogP contribution >= 0.6 is 22.6 Å².